The zero-order valence-corrected chi connectivity index (χ0v) is 18.1. The number of anilines is 1. The van der Waals surface area contributed by atoms with Gasteiger partial charge in [0.25, 0.3) is 11.8 Å². The van der Waals surface area contributed by atoms with Crippen molar-refractivity contribution in [2.24, 2.45) is 4.99 Å². The Morgan fingerprint density at radius 2 is 2.10 bits per heavy atom. The average Bonchev–Trinajstić information content (AvgIpc) is 3.19. The number of aryl methyl sites for hydroxylation is 1. The summed E-state index contributed by atoms with van der Waals surface area (Å²) in [6, 6.07) is 4.18. The molecular formula is C23H28FN5O2. The van der Waals surface area contributed by atoms with Gasteiger partial charge in [-0.25, -0.2) is 4.39 Å². The van der Waals surface area contributed by atoms with E-state index >= 15 is 0 Å². The van der Waals surface area contributed by atoms with Crippen LogP contribution in [-0.2, 0) is 4.79 Å². The lowest BCUT2D eigenvalue weighted by Gasteiger charge is -2.19. The van der Waals surface area contributed by atoms with E-state index in [1.165, 1.54) is 12.1 Å². The SMILES string of the molecule is C=NCCN(CC)CCNC(=O)c1c(C)[nH]c(/C=C2\C(=O)Nc3ccc(F)cc32)c1C. The summed E-state index contributed by atoms with van der Waals surface area (Å²) in [5.74, 6) is -0.881. The molecule has 2 heterocycles. The maximum Gasteiger partial charge on any atom is 0.256 e. The summed E-state index contributed by atoms with van der Waals surface area (Å²) in [5.41, 5.74) is 4.10. The van der Waals surface area contributed by atoms with Crippen LogP contribution in [0.25, 0.3) is 11.6 Å². The number of nitrogens with one attached hydrogen (secondary N) is 3. The van der Waals surface area contributed by atoms with Gasteiger partial charge >= 0.3 is 0 Å². The Labute approximate surface area is 181 Å². The number of carbonyl (C=O) groups is 2. The lowest BCUT2D eigenvalue weighted by molar-refractivity contribution is -0.110. The normalized spacial score (nSPS) is 14.1. The molecule has 0 aliphatic carbocycles. The number of carbonyl (C=O) groups excluding carboxylic acids is 2. The van der Waals surface area contributed by atoms with Crippen LogP contribution in [0.2, 0.25) is 0 Å². The fourth-order valence-corrected chi connectivity index (χ4v) is 3.76. The number of nitrogens with zero attached hydrogens (tertiary/aromatic N) is 2. The summed E-state index contributed by atoms with van der Waals surface area (Å²) in [7, 11) is 0. The van der Waals surface area contributed by atoms with Gasteiger partial charge in [0.05, 0.1) is 17.7 Å². The number of rotatable bonds is 9. The van der Waals surface area contributed by atoms with Gasteiger partial charge in [-0.1, -0.05) is 6.92 Å². The van der Waals surface area contributed by atoms with E-state index in [9.17, 15) is 14.0 Å². The van der Waals surface area contributed by atoms with Gasteiger partial charge in [-0.05, 0) is 56.9 Å². The number of aromatic nitrogens is 1. The molecule has 31 heavy (non-hydrogen) atoms. The van der Waals surface area contributed by atoms with Gasteiger partial charge in [0.1, 0.15) is 5.82 Å². The number of fused-ring (bicyclic) bond motifs is 1. The van der Waals surface area contributed by atoms with Crippen molar-refractivity contribution in [3.05, 3.63) is 52.1 Å². The first-order chi connectivity index (χ1) is 14.8. The number of H-pyrrole nitrogens is 1. The third-order valence-electron chi connectivity index (χ3n) is 5.49. The molecule has 0 radical (unpaired) electrons. The molecule has 0 unspecified atom stereocenters. The zero-order valence-electron chi connectivity index (χ0n) is 18.1. The second kappa shape index (κ2) is 9.70. The number of halogens is 1. The molecule has 0 spiro atoms. The molecule has 2 amide bonds. The minimum Gasteiger partial charge on any atom is -0.358 e. The fraction of sp³-hybridized carbons (Fsp3) is 0.348. The van der Waals surface area contributed by atoms with E-state index in [1.54, 1.807) is 12.1 Å². The molecule has 1 aromatic carbocycles. The van der Waals surface area contributed by atoms with Crippen LogP contribution in [0, 0.1) is 19.7 Å². The molecule has 164 valence electrons. The molecule has 3 rings (SSSR count). The van der Waals surface area contributed by atoms with Crippen LogP contribution in [0.5, 0.6) is 0 Å². The Morgan fingerprint density at radius 1 is 1.32 bits per heavy atom. The van der Waals surface area contributed by atoms with Crippen LogP contribution >= 0.6 is 0 Å². The number of hydrogen-bond acceptors (Lipinski definition) is 4. The summed E-state index contributed by atoms with van der Waals surface area (Å²) in [5, 5.41) is 5.70. The summed E-state index contributed by atoms with van der Waals surface area (Å²) in [6.07, 6.45) is 1.67. The van der Waals surface area contributed by atoms with Crippen LogP contribution in [-0.4, -0.2) is 61.1 Å². The molecule has 2 aromatic rings. The molecule has 0 saturated carbocycles. The van der Waals surface area contributed by atoms with E-state index in [2.05, 4.69) is 39.2 Å². The predicted octanol–water partition coefficient (Wildman–Crippen LogP) is 3.02. The first-order valence-corrected chi connectivity index (χ1v) is 10.3. The lowest BCUT2D eigenvalue weighted by atomic mass is 10.0. The largest absolute Gasteiger partial charge is 0.358 e. The number of hydrogen-bond donors (Lipinski definition) is 3. The minimum absolute atomic E-state index is 0.170. The van der Waals surface area contributed by atoms with Crippen molar-refractivity contribution in [2.75, 3.05) is 38.0 Å². The van der Waals surface area contributed by atoms with Crippen LogP contribution in [0.1, 0.15) is 39.8 Å². The first kappa shape index (κ1) is 22.4. The second-order valence-corrected chi connectivity index (χ2v) is 7.50. The number of aromatic amines is 1. The zero-order chi connectivity index (χ0) is 22.5. The molecule has 0 fully saturated rings. The summed E-state index contributed by atoms with van der Waals surface area (Å²) in [6.45, 7) is 12.8. The Bertz CT molecular complexity index is 1040. The Hall–Kier alpha value is -3.26. The van der Waals surface area contributed by atoms with Crippen molar-refractivity contribution in [1.82, 2.24) is 15.2 Å². The number of aliphatic imine (C=N–C) groups is 1. The van der Waals surface area contributed by atoms with Crippen molar-refractivity contribution in [2.45, 2.75) is 20.8 Å². The third-order valence-corrected chi connectivity index (χ3v) is 5.49. The summed E-state index contributed by atoms with van der Waals surface area (Å²) < 4.78 is 13.7. The van der Waals surface area contributed by atoms with Crippen molar-refractivity contribution in [3.8, 4) is 0 Å². The van der Waals surface area contributed by atoms with Crippen molar-refractivity contribution >= 4 is 35.9 Å². The fourth-order valence-electron chi connectivity index (χ4n) is 3.76. The number of likely N-dealkylation sites (N-methyl/N-ethyl adjacent to an activating group) is 1. The first-order valence-electron chi connectivity index (χ1n) is 10.3. The Balaban J connectivity index is 1.76. The van der Waals surface area contributed by atoms with Gasteiger partial charge in [-0.15, -0.1) is 0 Å². The monoisotopic (exact) mass is 425 g/mol. The van der Waals surface area contributed by atoms with E-state index in [4.69, 9.17) is 0 Å². The Kier molecular flexibility index (Phi) is 7.02. The smallest absolute Gasteiger partial charge is 0.256 e. The van der Waals surface area contributed by atoms with Crippen molar-refractivity contribution in [1.29, 1.82) is 0 Å². The van der Waals surface area contributed by atoms with Gasteiger partial charge in [0.2, 0.25) is 0 Å². The topological polar surface area (TPSA) is 89.6 Å². The highest BCUT2D eigenvalue weighted by Gasteiger charge is 2.26. The highest BCUT2D eigenvalue weighted by Crippen LogP contribution is 2.34. The van der Waals surface area contributed by atoms with Gasteiger partial charge in [0, 0.05) is 42.3 Å². The van der Waals surface area contributed by atoms with E-state index < -0.39 is 5.82 Å². The molecule has 0 bridgehead atoms. The maximum absolute atomic E-state index is 13.7. The average molecular weight is 426 g/mol. The summed E-state index contributed by atoms with van der Waals surface area (Å²) in [4.78, 5) is 34.4. The molecule has 3 N–H and O–H groups in total. The quantitative estimate of drug-likeness (QED) is 0.426. The van der Waals surface area contributed by atoms with Gasteiger partial charge in [0.15, 0.2) is 0 Å². The molecule has 1 aliphatic rings. The molecule has 0 atom stereocenters. The third kappa shape index (κ3) is 4.91. The van der Waals surface area contributed by atoms with Crippen LogP contribution in [0.3, 0.4) is 0 Å². The molecule has 1 aromatic heterocycles. The second-order valence-electron chi connectivity index (χ2n) is 7.50. The Morgan fingerprint density at radius 3 is 2.81 bits per heavy atom. The molecule has 1 aliphatic heterocycles. The van der Waals surface area contributed by atoms with Crippen LogP contribution in [0.4, 0.5) is 10.1 Å². The molecule has 0 saturated heterocycles. The standard InChI is InChI=1S/C23H28FN5O2/c1-5-29(10-8-25-4)11-9-26-23(31)21-14(2)20(27-15(21)3)13-18-17-12-16(24)6-7-19(17)28-22(18)30/h6-7,12-13,27H,4-5,8-11H2,1-3H3,(H,26,31)(H,28,30)/b18-13-. The van der Waals surface area contributed by atoms with E-state index in [0.29, 0.717) is 46.9 Å². The summed E-state index contributed by atoms with van der Waals surface area (Å²) >= 11 is 0. The van der Waals surface area contributed by atoms with Crippen LogP contribution in [0.15, 0.2) is 23.2 Å². The lowest BCUT2D eigenvalue weighted by Crippen LogP contribution is -2.36. The molecule has 7 nitrogen and oxygen atoms in total. The maximum atomic E-state index is 13.7. The minimum atomic E-state index is -0.411. The van der Waals surface area contributed by atoms with E-state index in [0.717, 1.165) is 25.2 Å². The number of benzene rings is 1. The van der Waals surface area contributed by atoms with Gasteiger partial charge in [-0.3, -0.25) is 14.6 Å². The number of amides is 2. The van der Waals surface area contributed by atoms with Gasteiger partial charge in [-0.2, -0.15) is 0 Å². The molecular weight excluding hydrogens is 397 g/mol. The van der Waals surface area contributed by atoms with E-state index in [-0.39, 0.29) is 11.8 Å². The highest BCUT2D eigenvalue weighted by molar-refractivity contribution is 6.34. The van der Waals surface area contributed by atoms with Gasteiger partial charge < -0.3 is 20.5 Å². The van der Waals surface area contributed by atoms with Crippen molar-refractivity contribution in [3.63, 3.8) is 0 Å². The predicted molar refractivity (Wildman–Crippen MR) is 122 cm³/mol. The molecule has 8 heteroatoms. The van der Waals surface area contributed by atoms with E-state index in [1.807, 2.05) is 13.8 Å². The highest BCUT2D eigenvalue weighted by atomic mass is 19.1. The van der Waals surface area contributed by atoms with Crippen molar-refractivity contribution < 1.29 is 14.0 Å². The van der Waals surface area contributed by atoms with Crippen LogP contribution < -0.4 is 10.6 Å².